The molecule has 19 heavy (non-hydrogen) atoms. The third-order valence-electron chi connectivity index (χ3n) is 4.49. The molecule has 3 nitrogen and oxygen atoms in total. The van der Waals surface area contributed by atoms with Gasteiger partial charge in [0.1, 0.15) is 0 Å². The quantitative estimate of drug-likeness (QED) is 0.862. The number of carbonyl (C=O) groups is 1. The van der Waals surface area contributed by atoms with E-state index >= 15 is 0 Å². The van der Waals surface area contributed by atoms with Crippen molar-refractivity contribution in [3.8, 4) is 0 Å². The predicted octanol–water partition coefficient (Wildman–Crippen LogP) is 2.66. The van der Waals surface area contributed by atoms with Gasteiger partial charge in [0.05, 0.1) is 5.56 Å². The molecule has 1 spiro atoms. The maximum atomic E-state index is 12.6. The van der Waals surface area contributed by atoms with E-state index in [4.69, 9.17) is 0 Å². The summed E-state index contributed by atoms with van der Waals surface area (Å²) >= 11 is 3.47. The van der Waals surface area contributed by atoms with Crippen molar-refractivity contribution in [3.05, 3.63) is 34.3 Å². The van der Waals surface area contributed by atoms with Crippen LogP contribution in [0.15, 0.2) is 28.7 Å². The number of nitrogens with one attached hydrogen (secondary N) is 1. The second-order valence-corrected chi connectivity index (χ2v) is 6.56. The molecule has 1 aromatic rings. The standard InChI is InChI=1S/C15H19BrN2O/c16-13-4-2-1-3-12(13)14(19)18-10-7-15(11-18)5-8-17-9-6-15/h1-4,17H,5-11H2. The van der Waals surface area contributed by atoms with E-state index in [-0.39, 0.29) is 5.91 Å². The Bertz CT molecular complexity index is 483. The number of piperidine rings is 1. The van der Waals surface area contributed by atoms with Crippen LogP contribution in [-0.4, -0.2) is 37.0 Å². The van der Waals surface area contributed by atoms with Crippen molar-refractivity contribution in [1.82, 2.24) is 10.2 Å². The fourth-order valence-electron chi connectivity index (χ4n) is 3.28. The van der Waals surface area contributed by atoms with Crippen molar-refractivity contribution in [3.63, 3.8) is 0 Å². The Morgan fingerprint density at radius 3 is 2.68 bits per heavy atom. The first kappa shape index (κ1) is 13.1. The van der Waals surface area contributed by atoms with Gasteiger partial charge in [0.2, 0.25) is 0 Å². The number of halogens is 1. The van der Waals surface area contributed by atoms with Crippen molar-refractivity contribution in [2.45, 2.75) is 19.3 Å². The highest BCUT2D eigenvalue weighted by atomic mass is 79.9. The lowest BCUT2D eigenvalue weighted by atomic mass is 9.78. The number of hydrogen-bond acceptors (Lipinski definition) is 2. The number of rotatable bonds is 1. The molecular formula is C15H19BrN2O. The minimum absolute atomic E-state index is 0.169. The minimum Gasteiger partial charge on any atom is -0.338 e. The van der Waals surface area contributed by atoms with Gasteiger partial charge in [-0.15, -0.1) is 0 Å². The zero-order chi connectivity index (χ0) is 13.3. The summed E-state index contributed by atoms with van der Waals surface area (Å²) in [5.74, 6) is 0.169. The SMILES string of the molecule is O=C(c1ccccc1Br)N1CCC2(CCNCC2)C1. The number of likely N-dealkylation sites (tertiary alicyclic amines) is 1. The summed E-state index contributed by atoms with van der Waals surface area (Å²) in [5.41, 5.74) is 1.16. The molecule has 2 aliphatic heterocycles. The molecule has 102 valence electrons. The summed E-state index contributed by atoms with van der Waals surface area (Å²) in [4.78, 5) is 14.6. The maximum Gasteiger partial charge on any atom is 0.255 e. The zero-order valence-corrected chi connectivity index (χ0v) is 12.6. The lowest BCUT2D eigenvalue weighted by molar-refractivity contribution is 0.0761. The number of benzene rings is 1. The molecule has 4 heteroatoms. The van der Waals surface area contributed by atoms with Crippen LogP contribution in [0.4, 0.5) is 0 Å². The lowest BCUT2D eigenvalue weighted by Gasteiger charge is -2.33. The number of carbonyl (C=O) groups excluding carboxylic acids is 1. The molecule has 0 atom stereocenters. The molecule has 0 bridgehead atoms. The fourth-order valence-corrected chi connectivity index (χ4v) is 3.73. The molecular weight excluding hydrogens is 304 g/mol. The van der Waals surface area contributed by atoms with Gasteiger partial charge in [0.15, 0.2) is 0 Å². The monoisotopic (exact) mass is 322 g/mol. The number of nitrogens with zero attached hydrogens (tertiary/aromatic N) is 1. The molecule has 0 radical (unpaired) electrons. The fraction of sp³-hybridized carbons (Fsp3) is 0.533. The Balaban J connectivity index is 1.74. The second kappa shape index (κ2) is 5.25. The summed E-state index contributed by atoms with van der Waals surface area (Å²) in [6, 6.07) is 7.71. The Kier molecular flexibility index (Phi) is 3.63. The summed E-state index contributed by atoms with van der Waals surface area (Å²) in [5, 5.41) is 3.41. The van der Waals surface area contributed by atoms with Crippen molar-refractivity contribution in [2.75, 3.05) is 26.2 Å². The minimum atomic E-state index is 0.169. The molecule has 0 saturated carbocycles. The Labute approximate surface area is 122 Å². The average molecular weight is 323 g/mol. The number of amides is 1. The molecule has 0 aliphatic carbocycles. The molecule has 3 rings (SSSR count). The van der Waals surface area contributed by atoms with E-state index in [0.29, 0.717) is 5.41 Å². The smallest absolute Gasteiger partial charge is 0.255 e. The van der Waals surface area contributed by atoms with E-state index in [1.54, 1.807) is 0 Å². The molecule has 1 N–H and O–H groups in total. The summed E-state index contributed by atoms with van der Waals surface area (Å²) in [7, 11) is 0. The maximum absolute atomic E-state index is 12.6. The van der Waals surface area contributed by atoms with E-state index in [1.807, 2.05) is 29.2 Å². The first-order chi connectivity index (χ1) is 9.20. The van der Waals surface area contributed by atoms with Crippen molar-refractivity contribution in [2.24, 2.45) is 5.41 Å². The average Bonchev–Trinajstić information content (AvgIpc) is 2.83. The van der Waals surface area contributed by atoms with Gasteiger partial charge >= 0.3 is 0 Å². The van der Waals surface area contributed by atoms with Crippen LogP contribution >= 0.6 is 15.9 Å². The van der Waals surface area contributed by atoms with E-state index in [9.17, 15) is 4.79 Å². The summed E-state index contributed by atoms with van der Waals surface area (Å²) in [6.45, 7) is 4.02. The van der Waals surface area contributed by atoms with Gasteiger partial charge in [0, 0.05) is 17.6 Å². The van der Waals surface area contributed by atoms with Crippen LogP contribution in [0.1, 0.15) is 29.6 Å². The summed E-state index contributed by atoms with van der Waals surface area (Å²) < 4.78 is 0.895. The van der Waals surface area contributed by atoms with Gasteiger partial charge in [-0.3, -0.25) is 4.79 Å². The molecule has 0 aromatic heterocycles. The van der Waals surface area contributed by atoms with Crippen LogP contribution < -0.4 is 5.32 Å². The first-order valence-corrected chi connectivity index (χ1v) is 7.74. The molecule has 2 aliphatic rings. The van der Waals surface area contributed by atoms with E-state index in [2.05, 4.69) is 21.2 Å². The van der Waals surface area contributed by atoms with Gasteiger partial charge in [-0.2, -0.15) is 0 Å². The van der Waals surface area contributed by atoms with E-state index in [0.717, 1.165) is 42.6 Å². The van der Waals surface area contributed by atoms with Crippen LogP contribution in [0.2, 0.25) is 0 Å². The lowest BCUT2D eigenvalue weighted by Crippen LogP contribution is -2.39. The molecule has 0 unspecified atom stereocenters. The number of hydrogen-bond donors (Lipinski definition) is 1. The first-order valence-electron chi connectivity index (χ1n) is 6.95. The molecule has 1 amide bonds. The predicted molar refractivity (Wildman–Crippen MR) is 79.2 cm³/mol. The third-order valence-corrected chi connectivity index (χ3v) is 5.19. The largest absolute Gasteiger partial charge is 0.338 e. The van der Waals surface area contributed by atoms with Gasteiger partial charge in [-0.1, -0.05) is 12.1 Å². The molecule has 2 heterocycles. The topological polar surface area (TPSA) is 32.3 Å². The molecule has 2 saturated heterocycles. The van der Waals surface area contributed by atoms with Gasteiger partial charge in [-0.25, -0.2) is 0 Å². The normalized spacial score (nSPS) is 21.8. The van der Waals surface area contributed by atoms with Crippen molar-refractivity contribution in [1.29, 1.82) is 0 Å². The van der Waals surface area contributed by atoms with E-state index < -0.39 is 0 Å². The summed E-state index contributed by atoms with van der Waals surface area (Å²) in [6.07, 6.45) is 3.56. The van der Waals surface area contributed by atoms with Crippen LogP contribution in [-0.2, 0) is 0 Å². The third kappa shape index (κ3) is 2.56. The van der Waals surface area contributed by atoms with Crippen LogP contribution in [0.5, 0.6) is 0 Å². The van der Waals surface area contributed by atoms with Crippen LogP contribution in [0.3, 0.4) is 0 Å². The van der Waals surface area contributed by atoms with Gasteiger partial charge < -0.3 is 10.2 Å². The van der Waals surface area contributed by atoms with Crippen molar-refractivity contribution >= 4 is 21.8 Å². The Hall–Kier alpha value is -0.870. The Morgan fingerprint density at radius 1 is 1.21 bits per heavy atom. The van der Waals surface area contributed by atoms with Crippen LogP contribution in [0, 0.1) is 5.41 Å². The highest BCUT2D eigenvalue weighted by Crippen LogP contribution is 2.39. The van der Waals surface area contributed by atoms with Crippen LogP contribution in [0.25, 0.3) is 0 Å². The Morgan fingerprint density at radius 2 is 1.95 bits per heavy atom. The zero-order valence-electron chi connectivity index (χ0n) is 11.0. The van der Waals surface area contributed by atoms with Crippen molar-refractivity contribution < 1.29 is 4.79 Å². The highest BCUT2D eigenvalue weighted by Gasteiger charge is 2.40. The molecule has 1 aromatic carbocycles. The van der Waals surface area contributed by atoms with Gasteiger partial charge in [0.25, 0.3) is 5.91 Å². The van der Waals surface area contributed by atoms with Gasteiger partial charge in [-0.05, 0) is 65.8 Å². The highest BCUT2D eigenvalue weighted by molar-refractivity contribution is 9.10. The second-order valence-electron chi connectivity index (χ2n) is 5.71. The van der Waals surface area contributed by atoms with E-state index in [1.165, 1.54) is 12.8 Å². The molecule has 2 fully saturated rings.